The number of hydrogen-bond donors (Lipinski definition) is 1. The first-order valence-electron chi connectivity index (χ1n) is 11.4. The summed E-state index contributed by atoms with van der Waals surface area (Å²) in [6.07, 6.45) is 7.70. The van der Waals surface area contributed by atoms with Gasteiger partial charge in [0.15, 0.2) is 6.61 Å². The van der Waals surface area contributed by atoms with Crippen LogP contribution in [0.4, 0.5) is 0 Å². The van der Waals surface area contributed by atoms with E-state index in [0.717, 1.165) is 43.6 Å². The Labute approximate surface area is 178 Å². The average molecular weight is 415 g/mol. The molecule has 0 atom stereocenters. The van der Waals surface area contributed by atoms with Crippen molar-refractivity contribution in [1.82, 2.24) is 9.88 Å². The van der Waals surface area contributed by atoms with Crippen molar-refractivity contribution >= 4 is 17.7 Å². The minimum atomic E-state index is -0.552. The lowest BCUT2D eigenvalue weighted by molar-refractivity contribution is -0.150. The quantitative estimate of drug-likeness (QED) is 0.521. The number of hydrogen-bond acceptors (Lipinski definition) is 4. The molecule has 0 saturated heterocycles. The molecule has 164 valence electrons. The van der Waals surface area contributed by atoms with Gasteiger partial charge < -0.3 is 14.6 Å². The Morgan fingerprint density at radius 3 is 2.27 bits per heavy atom. The molecule has 4 bridgehead atoms. The van der Waals surface area contributed by atoms with E-state index in [4.69, 9.17) is 4.74 Å². The number of carbonyl (C=O) groups is 3. The van der Waals surface area contributed by atoms with Crippen LogP contribution >= 0.6 is 0 Å². The van der Waals surface area contributed by atoms with Crippen molar-refractivity contribution < 1.29 is 19.1 Å². The van der Waals surface area contributed by atoms with Gasteiger partial charge in [-0.2, -0.15) is 0 Å². The monoisotopic (exact) mass is 414 g/mol. The molecule has 1 N–H and O–H groups in total. The molecule has 4 saturated carbocycles. The molecule has 4 aliphatic rings. The highest BCUT2D eigenvalue weighted by atomic mass is 16.5. The van der Waals surface area contributed by atoms with Crippen LogP contribution in [0.2, 0.25) is 0 Å². The molecule has 0 radical (unpaired) electrons. The minimum absolute atomic E-state index is 0.00740. The van der Waals surface area contributed by atoms with E-state index in [-0.39, 0.29) is 30.3 Å². The lowest BCUT2D eigenvalue weighted by Gasteiger charge is -2.55. The lowest BCUT2D eigenvalue weighted by atomic mass is 9.49. The van der Waals surface area contributed by atoms with E-state index < -0.39 is 5.97 Å². The van der Waals surface area contributed by atoms with E-state index in [1.165, 1.54) is 19.3 Å². The van der Waals surface area contributed by atoms with E-state index in [2.05, 4.69) is 16.8 Å². The fraction of sp³-hybridized carbons (Fsp3) is 0.708. The van der Waals surface area contributed by atoms with Crippen molar-refractivity contribution in [2.45, 2.75) is 72.3 Å². The first-order chi connectivity index (χ1) is 14.3. The SMILES string of the molecule is CCCn1c(C)cc(C(=O)COC(=O)CNC(=O)C23CC4CC(CC(C4)C2)C3)c1C. The number of Topliss-reactive ketones (excluding diaryl/α,β-unsaturated/α-hetero) is 1. The van der Waals surface area contributed by atoms with Gasteiger partial charge in [-0.25, -0.2) is 0 Å². The normalized spacial score (nSPS) is 29.1. The van der Waals surface area contributed by atoms with E-state index >= 15 is 0 Å². The van der Waals surface area contributed by atoms with Crippen molar-refractivity contribution in [3.63, 3.8) is 0 Å². The molecule has 6 heteroatoms. The van der Waals surface area contributed by atoms with Gasteiger partial charge in [-0.3, -0.25) is 14.4 Å². The summed E-state index contributed by atoms with van der Waals surface area (Å²) in [6.45, 7) is 6.40. The van der Waals surface area contributed by atoms with Crippen molar-refractivity contribution in [2.24, 2.45) is 23.2 Å². The van der Waals surface area contributed by atoms with E-state index in [1.807, 2.05) is 19.9 Å². The molecule has 1 heterocycles. The van der Waals surface area contributed by atoms with E-state index in [1.54, 1.807) is 0 Å². The van der Waals surface area contributed by atoms with Gasteiger partial charge in [-0.05, 0) is 82.6 Å². The first kappa shape index (κ1) is 21.1. The van der Waals surface area contributed by atoms with Crippen LogP contribution in [-0.2, 0) is 20.9 Å². The van der Waals surface area contributed by atoms with Crippen LogP contribution in [0.25, 0.3) is 0 Å². The summed E-state index contributed by atoms with van der Waals surface area (Å²) >= 11 is 0. The Balaban J connectivity index is 1.27. The van der Waals surface area contributed by atoms with Crippen LogP contribution < -0.4 is 5.32 Å². The number of esters is 1. The van der Waals surface area contributed by atoms with Crippen molar-refractivity contribution in [1.29, 1.82) is 0 Å². The van der Waals surface area contributed by atoms with Gasteiger partial charge >= 0.3 is 5.97 Å². The number of aromatic nitrogens is 1. The van der Waals surface area contributed by atoms with Gasteiger partial charge in [0.25, 0.3) is 0 Å². The minimum Gasteiger partial charge on any atom is -0.456 e. The zero-order valence-corrected chi connectivity index (χ0v) is 18.5. The predicted octanol–water partition coefficient (Wildman–Crippen LogP) is 3.57. The van der Waals surface area contributed by atoms with Gasteiger partial charge in [0.2, 0.25) is 11.7 Å². The summed E-state index contributed by atoms with van der Waals surface area (Å²) in [5.74, 6) is 1.29. The van der Waals surface area contributed by atoms with Crippen LogP contribution in [0.3, 0.4) is 0 Å². The summed E-state index contributed by atoms with van der Waals surface area (Å²) in [7, 11) is 0. The number of carbonyl (C=O) groups excluding carboxylic acids is 3. The van der Waals surface area contributed by atoms with Crippen LogP contribution in [0.5, 0.6) is 0 Å². The van der Waals surface area contributed by atoms with Crippen LogP contribution in [-0.4, -0.2) is 35.4 Å². The van der Waals surface area contributed by atoms with Crippen LogP contribution in [0.1, 0.15) is 73.6 Å². The second-order valence-electron chi connectivity index (χ2n) is 9.90. The molecule has 0 spiro atoms. The van der Waals surface area contributed by atoms with Crippen molar-refractivity contribution in [3.05, 3.63) is 23.0 Å². The number of aryl methyl sites for hydroxylation is 1. The fourth-order valence-corrected chi connectivity index (χ4v) is 6.65. The third-order valence-corrected chi connectivity index (χ3v) is 7.60. The number of nitrogens with zero attached hydrogens (tertiary/aromatic N) is 1. The topological polar surface area (TPSA) is 77.4 Å². The Morgan fingerprint density at radius 1 is 1.10 bits per heavy atom. The van der Waals surface area contributed by atoms with Crippen molar-refractivity contribution in [2.75, 3.05) is 13.2 Å². The zero-order chi connectivity index (χ0) is 21.5. The average Bonchev–Trinajstić information content (AvgIpc) is 2.98. The van der Waals surface area contributed by atoms with Gasteiger partial charge in [0, 0.05) is 28.9 Å². The molecule has 0 aliphatic heterocycles. The summed E-state index contributed by atoms with van der Waals surface area (Å²) < 4.78 is 7.29. The molecule has 6 nitrogen and oxygen atoms in total. The number of rotatable bonds is 8. The maximum absolute atomic E-state index is 12.9. The molecule has 1 aromatic rings. The number of amides is 1. The predicted molar refractivity (Wildman–Crippen MR) is 113 cm³/mol. The Bertz CT molecular complexity index is 818. The Hall–Kier alpha value is -2.11. The Morgan fingerprint density at radius 2 is 1.70 bits per heavy atom. The highest BCUT2D eigenvalue weighted by Gasteiger charge is 2.54. The molecule has 1 aromatic heterocycles. The third kappa shape index (κ3) is 3.93. The molecule has 0 aromatic carbocycles. The number of nitrogens with one attached hydrogen (secondary N) is 1. The molecule has 0 unspecified atom stereocenters. The van der Waals surface area contributed by atoms with Gasteiger partial charge in [0.05, 0.1) is 0 Å². The second kappa shape index (κ2) is 8.20. The molecule has 1 amide bonds. The molecular formula is C24H34N2O4. The van der Waals surface area contributed by atoms with Gasteiger partial charge in [0.1, 0.15) is 6.54 Å². The smallest absolute Gasteiger partial charge is 0.325 e. The number of ether oxygens (including phenoxy) is 1. The summed E-state index contributed by atoms with van der Waals surface area (Å²) in [5.41, 5.74) is 2.27. The fourth-order valence-electron chi connectivity index (χ4n) is 6.65. The zero-order valence-electron chi connectivity index (χ0n) is 18.5. The lowest BCUT2D eigenvalue weighted by Crippen LogP contribution is -2.54. The van der Waals surface area contributed by atoms with Gasteiger partial charge in [-0.15, -0.1) is 0 Å². The Kier molecular flexibility index (Phi) is 5.78. The molecule has 4 aliphatic carbocycles. The standard InChI is InChI=1S/C24H34N2O4/c1-4-5-26-15(2)6-20(16(26)3)21(27)14-30-22(28)13-25-23(29)24-10-17-7-18(11-24)9-19(8-17)12-24/h6,17-19H,4-5,7-14H2,1-3H3,(H,25,29). The molecule has 30 heavy (non-hydrogen) atoms. The molecular weight excluding hydrogens is 380 g/mol. The maximum Gasteiger partial charge on any atom is 0.325 e. The molecule has 5 rings (SSSR count). The van der Waals surface area contributed by atoms with Crippen LogP contribution in [0.15, 0.2) is 6.07 Å². The third-order valence-electron chi connectivity index (χ3n) is 7.60. The van der Waals surface area contributed by atoms with Crippen LogP contribution in [0, 0.1) is 37.0 Å². The highest BCUT2D eigenvalue weighted by Crippen LogP contribution is 2.60. The largest absolute Gasteiger partial charge is 0.456 e. The maximum atomic E-state index is 12.9. The van der Waals surface area contributed by atoms with Gasteiger partial charge in [-0.1, -0.05) is 6.92 Å². The second-order valence-corrected chi connectivity index (χ2v) is 9.90. The summed E-state index contributed by atoms with van der Waals surface area (Å²) in [4.78, 5) is 37.6. The van der Waals surface area contributed by atoms with Crippen molar-refractivity contribution in [3.8, 4) is 0 Å². The highest BCUT2D eigenvalue weighted by molar-refractivity contribution is 5.99. The summed E-state index contributed by atoms with van der Waals surface area (Å²) in [5, 5.41) is 2.82. The molecule has 4 fully saturated rings. The summed E-state index contributed by atoms with van der Waals surface area (Å²) in [6, 6.07) is 1.86. The number of ketones is 1. The first-order valence-corrected chi connectivity index (χ1v) is 11.4. The van der Waals surface area contributed by atoms with E-state index in [9.17, 15) is 14.4 Å². The van der Waals surface area contributed by atoms with E-state index in [0.29, 0.717) is 23.3 Å².